The van der Waals surface area contributed by atoms with Gasteiger partial charge >= 0.3 is 0 Å². The van der Waals surface area contributed by atoms with Crippen LogP contribution in [0.5, 0.6) is 0 Å². The van der Waals surface area contributed by atoms with Gasteiger partial charge in [-0.25, -0.2) is 9.37 Å². The number of benzene rings is 2. The van der Waals surface area contributed by atoms with E-state index in [9.17, 15) is 9.18 Å². The number of hydrogen-bond acceptors (Lipinski definition) is 4. The van der Waals surface area contributed by atoms with E-state index in [-0.39, 0.29) is 11.7 Å². The van der Waals surface area contributed by atoms with Gasteiger partial charge in [-0.1, -0.05) is 23.7 Å². The van der Waals surface area contributed by atoms with E-state index in [1.807, 2.05) is 11.0 Å². The number of primary amides is 1. The maximum Gasteiger partial charge on any atom is 0.239 e. The molecule has 5 nitrogen and oxygen atoms in total. The van der Waals surface area contributed by atoms with Crippen LogP contribution < -0.4 is 5.73 Å². The molecule has 140 valence electrons. The predicted molar refractivity (Wildman–Crippen MR) is 101 cm³/mol. The fourth-order valence-corrected chi connectivity index (χ4v) is 3.86. The minimum Gasteiger partial charge on any atom is -0.440 e. The Morgan fingerprint density at radius 2 is 1.93 bits per heavy atom. The van der Waals surface area contributed by atoms with Gasteiger partial charge in [-0.3, -0.25) is 9.69 Å². The maximum atomic E-state index is 13.2. The van der Waals surface area contributed by atoms with Crippen molar-refractivity contribution in [1.82, 2.24) is 9.88 Å². The highest BCUT2D eigenvalue weighted by atomic mass is 35.5. The van der Waals surface area contributed by atoms with Crippen LogP contribution in [0, 0.1) is 5.82 Å². The van der Waals surface area contributed by atoms with Crippen molar-refractivity contribution >= 4 is 28.6 Å². The number of carbonyl (C=O) groups excluding carboxylic acids is 1. The largest absolute Gasteiger partial charge is 0.440 e. The van der Waals surface area contributed by atoms with E-state index in [4.69, 9.17) is 21.8 Å². The van der Waals surface area contributed by atoms with Crippen LogP contribution >= 0.6 is 11.6 Å². The third-order valence-electron chi connectivity index (χ3n) is 5.07. The third-order valence-corrected chi connectivity index (χ3v) is 5.30. The molecule has 1 aliphatic heterocycles. The highest BCUT2D eigenvalue weighted by Gasteiger charge is 2.32. The molecule has 1 unspecified atom stereocenters. The Balaban J connectivity index is 1.49. The summed E-state index contributed by atoms with van der Waals surface area (Å²) in [7, 11) is 0. The van der Waals surface area contributed by atoms with E-state index in [1.54, 1.807) is 24.3 Å². The van der Waals surface area contributed by atoms with Gasteiger partial charge in [0.15, 0.2) is 11.5 Å². The number of rotatable bonds is 4. The molecule has 0 aliphatic carbocycles. The quantitative estimate of drug-likeness (QED) is 0.733. The Labute approximate surface area is 160 Å². The molecule has 2 heterocycles. The molecule has 2 aromatic carbocycles. The normalized spacial score (nSPS) is 17.3. The minimum absolute atomic E-state index is 0.175. The maximum absolute atomic E-state index is 13.2. The standard InChI is InChI=1S/C20H19ClFN3O2/c21-14-3-6-17-16(11-14)24-20(27-17)13-7-9-25(10-8-13)18(19(23)26)12-1-4-15(22)5-2-12/h1-6,11,13,18H,7-10H2,(H2,23,26). The van der Waals surface area contributed by atoms with E-state index >= 15 is 0 Å². The van der Waals surface area contributed by atoms with E-state index in [0.717, 1.165) is 23.9 Å². The van der Waals surface area contributed by atoms with Crippen LogP contribution in [0.3, 0.4) is 0 Å². The summed E-state index contributed by atoms with van der Waals surface area (Å²) in [6.07, 6.45) is 1.59. The highest BCUT2D eigenvalue weighted by Crippen LogP contribution is 2.33. The lowest BCUT2D eigenvalue weighted by molar-refractivity contribution is -0.124. The Kier molecular flexibility index (Phi) is 4.85. The summed E-state index contributed by atoms with van der Waals surface area (Å²) >= 11 is 6.01. The summed E-state index contributed by atoms with van der Waals surface area (Å²) in [5.41, 5.74) is 7.81. The summed E-state index contributed by atoms with van der Waals surface area (Å²) in [5, 5.41) is 0.626. The average molecular weight is 388 g/mol. The van der Waals surface area contributed by atoms with Gasteiger partial charge in [0.05, 0.1) is 0 Å². The molecule has 0 bridgehead atoms. The molecule has 1 aliphatic rings. The predicted octanol–water partition coefficient (Wildman–Crippen LogP) is 4.03. The second-order valence-corrected chi connectivity index (χ2v) is 7.27. The first-order chi connectivity index (χ1) is 13.0. The van der Waals surface area contributed by atoms with Crippen molar-refractivity contribution in [2.75, 3.05) is 13.1 Å². The van der Waals surface area contributed by atoms with Gasteiger partial charge in [-0.15, -0.1) is 0 Å². The molecular weight excluding hydrogens is 369 g/mol. The van der Waals surface area contributed by atoms with Crippen LogP contribution in [0.15, 0.2) is 46.9 Å². The van der Waals surface area contributed by atoms with Crippen LogP contribution in [0.1, 0.15) is 36.3 Å². The average Bonchev–Trinajstić information content (AvgIpc) is 3.07. The number of piperidine rings is 1. The first kappa shape index (κ1) is 17.9. The number of nitrogens with zero attached hydrogens (tertiary/aromatic N) is 2. The van der Waals surface area contributed by atoms with Gasteiger partial charge in [0, 0.05) is 10.9 Å². The van der Waals surface area contributed by atoms with Gasteiger partial charge in [-0.2, -0.15) is 0 Å². The zero-order valence-electron chi connectivity index (χ0n) is 14.6. The molecule has 27 heavy (non-hydrogen) atoms. The SMILES string of the molecule is NC(=O)C(c1ccc(F)cc1)N1CCC(c2nc3cc(Cl)ccc3o2)CC1. The molecule has 1 fully saturated rings. The monoisotopic (exact) mass is 387 g/mol. The molecule has 0 spiro atoms. The van der Waals surface area contributed by atoms with Crippen molar-refractivity contribution in [1.29, 1.82) is 0 Å². The number of fused-ring (bicyclic) bond motifs is 1. The number of oxazole rings is 1. The van der Waals surface area contributed by atoms with Crippen LogP contribution in [-0.4, -0.2) is 28.9 Å². The number of hydrogen-bond donors (Lipinski definition) is 1. The van der Waals surface area contributed by atoms with Crippen molar-refractivity contribution in [3.8, 4) is 0 Å². The lowest BCUT2D eigenvalue weighted by atomic mass is 9.94. The molecular formula is C20H19ClFN3O2. The van der Waals surface area contributed by atoms with E-state index in [2.05, 4.69) is 4.98 Å². The van der Waals surface area contributed by atoms with Crippen LogP contribution in [0.2, 0.25) is 5.02 Å². The molecule has 1 aromatic heterocycles. The molecule has 0 saturated carbocycles. The van der Waals surface area contributed by atoms with Gasteiger partial charge in [-0.05, 0) is 61.8 Å². The lowest BCUT2D eigenvalue weighted by Gasteiger charge is -2.35. The Morgan fingerprint density at radius 1 is 1.22 bits per heavy atom. The number of amides is 1. The lowest BCUT2D eigenvalue weighted by Crippen LogP contribution is -2.42. The molecule has 1 saturated heterocycles. The fraction of sp³-hybridized carbons (Fsp3) is 0.300. The zero-order chi connectivity index (χ0) is 19.0. The van der Waals surface area contributed by atoms with E-state index < -0.39 is 11.9 Å². The first-order valence-corrected chi connectivity index (χ1v) is 9.24. The molecule has 1 amide bonds. The summed E-state index contributed by atoms with van der Waals surface area (Å²) in [6, 6.07) is 10.7. The molecule has 0 radical (unpaired) electrons. The summed E-state index contributed by atoms with van der Waals surface area (Å²) in [4.78, 5) is 18.6. The Morgan fingerprint density at radius 3 is 2.59 bits per heavy atom. The van der Waals surface area contributed by atoms with E-state index in [1.165, 1.54) is 12.1 Å². The first-order valence-electron chi connectivity index (χ1n) is 8.86. The van der Waals surface area contributed by atoms with Crippen LogP contribution in [0.25, 0.3) is 11.1 Å². The summed E-state index contributed by atoms with van der Waals surface area (Å²) in [5.74, 6) is 0.104. The van der Waals surface area contributed by atoms with Crippen LogP contribution in [-0.2, 0) is 4.79 Å². The second kappa shape index (κ2) is 7.29. The van der Waals surface area contributed by atoms with Crippen LogP contribution in [0.4, 0.5) is 4.39 Å². The Hall–Kier alpha value is -2.44. The van der Waals surface area contributed by atoms with Crippen molar-refractivity contribution in [3.63, 3.8) is 0 Å². The number of aromatic nitrogens is 1. The molecule has 3 aromatic rings. The highest BCUT2D eigenvalue weighted by molar-refractivity contribution is 6.31. The van der Waals surface area contributed by atoms with Crippen molar-refractivity contribution in [2.45, 2.75) is 24.8 Å². The second-order valence-electron chi connectivity index (χ2n) is 6.83. The molecule has 2 N–H and O–H groups in total. The fourth-order valence-electron chi connectivity index (χ4n) is 3.70. The Bertz CT molecular complexity index is 965. The number of nitrogens with two attached hydrogens (primary N) is 1. The molecule has 4 rings (SSSR count). The van der Waals surface area contributed by atoms with Crippen molar-refractivity contribution in [2.24, 2.45) is 5.73 Å². The van der Waals surface area contributed by atoms with Crippen molar-refractivity contribution < 1.29 is 13.6 Å². The van der Waals surface area contributed by atoms with E-state index in [0.29, 0.717) is 29.6 Å². The third kappa shape index (κ3) is 3.68. The molecule has 1 atom stereocenters. The molecule has 7 heteroatoms. The smallest absolute Gasteiger partial charge is 0.239 e. The number of carbonyl (C=O) groups is 1. The van der Waals surface area contributed by atoms with Crippen molar-refractivity contribution in [3.05, 3.63) is 64.8 Å². The van der Waals surface area contributed by atoms with Gasteiger partial charge in [0.25, 0.3) is 0 Å². The van der Waals surface area contributed by atoms with Gasteiger partial charge < -0.3 is 10.2 Å². The number of likely N-dealkylation sites (tertiary alicyclic amines) is 1. The zero-order valence-corrected chi connectivity index (χ0v) is 15.3. The minimum atomic E-state index is -0.561. The summed E-state index contributed by atoms with van der Waals surface area (Å²) < 4.78 is 19.1. The van der Waals surface area contributed by atoms with Gasteiger partial charge in [0.2, 0.25) is 5.91 Å². The number of halogens is 2. The topological polar surface area (TPSA) is 72.4 Å². The van der Waals surface area contributed by atoms with Gasteiger partial charge in [0.1, 0.15) is 17.4 Å². The summed E-state index contributed by atoms with van der Waals surface area (Å²) in [6.45, 7) is 1.35.